The first-order valence-electron chi connectivity index (χ1n) is 9.12. The van der Waals surface area contributed by atoms with E-state index in [2.05, 4.69) is 29.8 Å². The van der Waals surface area contributed by atoms with Crippen LogP contribution in [0.15, 0.2) is 43.4 Å². The Kier molecular flexibility index (Phi) is 4.37. The minimum absolute atomic E-state index is 0.205. The van der Waals surface area contributed by atoms with Crippen LogP contribution < -0.4 is 10.6 Å². The van der Waals surface area contributed by atoms with E-state index in [1.54, 1.807) is 31.0 Å². The van der Waals surface area contributed by atoms with E-state index in [4.69, 9.17) is 20.4 Å². The summed E-state index contributed by atoms with van der Waals surface area (Å²) < 4.78 is 5.49. The van der Waals surface area contributed by atoms with Crippen molar-refractivity contribution in [2.24, 2.45) is 0 Å². The number of fused-ring (bicyclic) bond motifs is 1. The number of nitrogen functional groups attached to an aromatic ring is 1. The highest BCUT2D eigenvalue weighted by molar-refractivity contribution is 5.90. The third-order valence-electron chi connectivity index (χ3n) is 4.65. The van der Waals surface area contributed by atoms with Crippen molar-refractivity contribution in [3.05, 3.63) is 43.4 Å². The molecule has 2 N–H and O–H groups in total. The molecule has 0 atom stereocenters. The summed E-state index contributed by atoms with van der Waals surface area (Å²) in [7, 11) is 0. The second kappa shape index (κ2) is 7.32. The Morgan fingerprint density at radius 1 is 0.828 bits per heavy atom. The van der Waals surface area contributed by atoms with Crippen LogP contribution in [0.5, 0.6) is 0 Å². The van der Waals surface area contributed by atoms with Crippen LogP contribution in [-0.4, -0.2) is 61.2 Å². The zero-order chi connectivity index (χ0) is 19.6. The summed E-state index contributed by atoms with van der Waals surface area (Å²) in [5, 5.41) is 0. The van der Waals surface area contributed by atoms with Gasteiger partial charge in [0, 0.05) is 55.2 Å². The van der Waals surface area contributed by atoms with E-state index in [0.717, 1.165) is 41.1 Å². The summed E-state index contributed by atoms with van der Waals surface area (Å²) in [6.07, 6.45) is 10.0. The molecule has 1 aliphatic rings. The number of morpholine rings is 1. The highest BCUT2D eigenvalue weighted by Crippen LogP contribution is 2.29. The van der Waals surface area contributed by atoms with Crippen molar-refractivity contribution in [1.82, 2.24) is 34.9 Å². The van der Waals surface area contributed by atoms with Crippen LogP contribution in [-0.2, 0) is 4.74 Å². The van der Waals surface area contributed by atoms with Crippen molar-refractivity contribution in [2.75, 3.05) is 36.9 Å². The molecule has 4 aromatic rings. The Morgan fingerprint density at radius 2 is 1.55 bits per heavy atom. The van der Waals surface area contributed by atoms with E-state index < -0.39 is 0 Å². The van der Waals surface area contributed by atoms with Gasteiger partial charge in [0.25, 0.3) is 0 Å². The summed E-state index contributed by atoms with van der Waals surface area (Å²) in [6, 6.07) is 1.97. The number of ether oxygens (including phenoxy) is 1. The molecule has 5 rings (SSSR count). The Balaban J connectivity index is 1.69. The standard InChI is InChI=1S/C19H17N9O/c20-19-24-9-14(10-25-19)17-26-15-5-12(13-6-21-11-22-7-13)8-23-16(15)18(27-17)28-1-3-29-4-2-28/h5-11H,1-4H2,(H2,20,24,25). The first-order chi connectivity index (χ1) is 14.3. The van der Waals surface area contributed by atoms with Crippen LogP contribution in [0.3, 0.4) is 0 Å². The van der Waals surface area contributed by atoms with E-state index in [1.807, 2.05) is 6.07 Å². The van der Waals surface area contributed by atoms with Crippen LogP contribution in [0.4, 0.5) is 11.8 Å². The maximum absolute atomic E-state index is 5.62. The quantitative estimate of drug-likeness (QED) is 0.550. The molecule has 0 radical (unpaired) electrons. The maximum atomic E-state index is 5.62. The topological polar surface area (TPSA) is 129 Å². The normalized spacial score (nSPS) is 14.3. The molecule has 1 saturated heterocycles. The van der Waals surface area contributed by atoms with Gasteiger partial charge in [-0.25, -0.2) is 29.9 Å². The average Bonchev–Trinajstić information content (AvgIpc) is 2.79. The number of hydrogen-bond acceptors (Lipinski definition) is 10. The van der Waals surface area contributed by atoms with E-state index in [0.29, 0.717) is 24.6 Å². The predicted molar refractivity (Wildman–Crippen MR) is 107 cm³/mol. The lowest BCUT2D eigenvalue weighted by Crippen LogP contribution is -2.37. The van der Waals surface area contributed by atoms with Gasteiger partial charge in [0.1, 0.15) is 11.8 Å². The van der Waals surface area contributed by atoms with Gasteiger partial charge in [-0.15, -0.1) is 0 Å². The lowest BCUT2D eigenvalue weighted by molar-refractivity contribution is 0.122. The third kappa shape index (κ3) is 3.41. The number of rotatable bonds is 3. The molecule has 1 fully saturated rings. The number of hydrogen-bond donors (Lipinski definition) is 1. The number of anilines is 2. The molecule has 0 amide bonds. The molecule has 4 aromatic heterocycles. The van der Waals surface area contributed by atoms with Crippen LogP contribution in [0.1, 0.15) is 0 Å². The van der Waals surface area contributed by atoms with Gasteiger partial charge in [-0.05, 0) is 6.07 Å². The van der Waals surface area contributed by atoms with Crippen LogP contribution in [0.2, 0.25) is 0 Å². The van der Waals surface area contributed by atoms with Crippen molar-refractivity contribution in [3.63, 3.8) is 0 Å². The van der Waals surface area contributed by atoms with Crippen molar-refractivity contribution < 1.29 is 4.74 Å². The molecule has 10 heteroatoms. The summed E-state index contributed by atoms with van der Waals surface area (Å²) >= 11 is 0. The SMILES string of the molecule is Nc1ncc(-c2nc(N3CCOCC3)c3ncc(-c4cncnc4)cc3n2)cn1. The fourth-order valence-corrected chi connectivity index (χ4v) is 3.19. The Hall–Kier alpha value is -3.79. The first kappa shape index (κ1) is 17.3. The van der Waals surface area contributed by atoms with Gasteiger partial charge in [0.05, 0.1) is 24.3 Å². The highest BCUT2D eigenvalue weighted by atomic mass is 16.5. The van der Waals surface area contributed by atoms with Crippen LogP contribution >= 0.6 is 0 Å². The summed E-state index contributed by atoms with van der Waals surface area (Å²) in [6.45, 7) is 2.76. The Labute approximate surface area is 165 Å². The van der Waals surface area contributed by atoms with Gasteiger partial charge in [0.2, 0.25) is 5.95 Å². The molecule has 1 aliphatic heterocycles. The second-order valence-corrected chi connectivity index (χ2v) is 6.52. The summed E-state index contributed by atoms with van der Waals surface area (Å²) in [5.41, 5.74) is 9.50. The van der Waals surface area contributed by atoms with Gasteiger partial charge in [-0.2, -0.15) is 0 Å². The second-order valence-electron chi connectivity index (χ2n) is 6.52. The number of aromatic nitrogens is 7. The monoisotopic (exact) mass is 387 g/mol. The largest absolute Gasteiger partial charge is 0.378 e. The summed E-state index contributed by atoms with van der Waals surface area (Å²) in [4.78, 5) is 32.6. The van der Waals surface area contributed by atoms with E-state index in [9.17, 15) is 0 Å². The summed E-state index contributed by atoms with van der Waals surface area (Å²) in [5.74, 6) is 1.49. The fraction of sp³-hybridized carbons (Fsp3) is 0.211. The van der Waals surface area contributed by atoms with E-state index in [-0.39, 0.29) is 5.95 Å². The molecule has 144 valence electrons. The third-order valence-corrected chi connectivity index (χ3v) is 4.65. The number of nitrogens with zero attached hydrogens (tertiary/aromatic N) is 8. The smallest absolute Gasteiger partial charge is 0.219 e. The Bertz CT molecular complexity index is 1150. The minimum Gasteiger partial charge on any atom is -0.378 e. The van der Waals surface area contributed by atoms with Crippen molar-refractivity contribution in [3.8, 4) is 22.5 Å². The Morgan fingerprint density at radius 3 is 2.31 bits per heavy atom. The molecule has 0 aromatic carbocycles. The van der Waals surface area contributed by atoms with Crippen molar-refractivity contribution >= 4 is 22.8 Å². The van der Waals surface area contributed by atoms with Gasteiger partial charge in [-0.3, -0.25) is 4.98 Å². The minimum atomic E-state index is 0.205. The number of nitrogens with two attached hydrogens (primary N) is 1. The zero-order valence-electron chi connectivity index (χ0n) is 15.4. The number of pyridine rings is 1. The highest BCUT2D eigenvalue weighted by Gasteiger charge is 2.19. The molecule has 29 heavy (non-hydrogen) atoms. The van der Waals surface area contributed by atoms with Gasteiger partial charge >= 0.3 is 0 Å². The molecule has 0 aliphatic carbocycles. The van der Waals surface area contributed by atoms with Gasteiger partial charge in [-0.1, -0.05) is 0 Å². The molecular weight excluding hydrogens is 370 g/mol. The lowest BCUT2D eigenvalue weighted by atomic mass is 10.1. The zero-order valence-corrected chi connectivity index (χ0v) is 15.4. The molecule has 0 unspecified atom stereocenters. The lowest BCUT2D eigenvalue weighted by Gasteiger charge is -2.28. The molecule has 0 spiro atoms. The van der Waals surface area contributed by atoms with Gasteiger partial charge < -0.3 is 15.4 Å². The predicted octanol–water partition coefficient (Wildman–Crippen LogP) is 1.36. The van der Waals surface area contributed by atoms with Crippen LogP contribution in [0.25, 0.3) is 33.5 Å². The van der Waals surface area contributed by atoms with Crippen LogP contribution in [0, 0.1) is 0 Å². The fourth-order valence-electron chi connectivity index (χ4n) is 3.19. The van der Waals surface area contributed by atoms with E-state index in [1.165, 1.54) is 6.33 Å². The first-order valence-corrected chi connectivity index (χ1v) is 9.12. The van der Waals surface area contributed by atoms with Crippen molar-refractivity contribution in [2.45, 2.75) is 0 Å². The molecule has 0 saturated carbocycles. The average molecular weight is 387 g/mol. The molecule has 10 nitrogen and oxygen atoms in total. The van der Waals surface area contributed by atoms with Crippen molar-refractivity contribution in [1.29, 1.82) is 0 Å². The molecular formula is C19H17N9O. The van der Waals surface area contributed by atoms with E-state index >= 15 is 0 Å². The maximum Gasteiger partial charge on any atom is 0.219 e. The van der Waals surface area contributed by atoms with Gasteiger partial charge in [0.15, 0.2) is 11.6 Å². The molecule has 5 heterocycles. The molecule has 0 bridgehead atoms.